The van der Waals surface area contributed by atoms with E-state index in [4.69, 9.17) is 0 Å². The number of hydrogen-bond acceptors (Lipinski definition) is 4. The molecule has 0 aliphatic rings. The zero-order chi connectivity index (χ0) is 7.40. The molecule has 0 aliphatic heterocycles. The first-order valence-corrected chi connectivity index (χ1v) is 3.60. The molecule has 0 spiro atoms. The van der Waals surface area contributed by atoms with Crippen molar-refractivity contribution in [1.82, 2.24) is 0 Å². The molecule has 3 nitrogen and oxygen atoms in total. The van der Waals surface area contributed by atoms with Gasteiger partial charge < -0.3 is 0 Å². The Hall–Kier alpha value is 0.606. The van der Waals surface area contributed by atoms with Gasteiger partial charge in [-0.3, -0.25) is 9.78 Å². The Labute approximate surface area is 111 Å². The maximum atomic E-state index is 10.2. The normalized spacial score (nSPS) is 8.09. The molecular weight excluding hydrogens is 191 g/mol. The molecule has 0 fully saturated rings. The van der Waals surface area contributed by atoms with Crippen molar-refractivity contribution in [3.63, 3.8) is 0 Å². The molecule has 0 atom stereocenters. The fourth-order valence-electron chi connectivity index (χ4n) is 0.406. The molecule has 0 saturated heterocycles. The van der Waals surface area contributed by atoms with Crippen LogP contribution in [0.3, 0.4) is 0 Å². The average molecular weight is 198 g/mol. The molecule has 1 heterocycles. The molecular formula is C6H7KO3S. The molecule has 0 amide bonds. The first-order chi connectivity index (χ1) is 4.79. The van der Waals surface area contributed by atoms with Gasteiger partial charge in [0.1, 0.15) is 0 Å². The average Bonchev–Trinajstić information content (AvgIpc) is 2.34. The maximum absolute atomic E-state index is 10.2. The van der Waals surface area contributed by atoms with Crippen LogP contribution < -0.4 is 4.89 Å². The quantitative estimate of drug-likeness (QED) is 0.403. The van der Waals surface area contributed by atoms with Crippen LogP contribution in [0.5, 0.6) is 5.75 Å². The standard InChI is InChI=1S/C6H6O3S.K.H/c1-5(7)8-9-6-2-3-10-4-6;;/h2-4H,1H3;;. The van der Waals surface area contributed by atoms with Crippen LogP contribution >= 0.6 is 11.3 Å². The SMILES string of the molecule is CC(=O)OOc1ccsc1.[KH]. The van der Waals surface area contributed by atoms with E-state index in [1.807, 2.05) is 5.38 Å². The van der Waals surface area contributed by atoms with E-state index in [9.17, 15) is 4.79 Å². The molecule has 0 unspecified atom stereocenters. The van der Waals surface area contributed by atoms with Crippen LogP contribution in [0.15, 0.2) is 16.8 Å². The summed E-state index contributed by atoms with van der Waals surface area (Å²) in [5.74, 6) is 0.103. The molecule has 0 saturated carbocycles. The second kappa shape index (κ2) is 6.16. The monoisotopic (exact) mass is 198 g/mol. The van der Waals surface area contributed by atoms with Gasteiger partial charge in [0.05, 0.1) is 0 Å². The van der Waals surface area contributed by atoms with Crippen molar-refractivity contribution in [2.45, 2.75) is 6.92 Å². The van der Waals surface area contributed by atoms with Crippen molar-refractivity contribution < 1.29 is 14.6 Å². The molecule has 0 aliphatic carbocycles. The molecule has 5 heteroatoms. The molecule has 1 aromatic heterocycles. The van der Waals surface area contributed by atoms with Gasteiger partial charge in [0.2, 0.25) is 0 Å². The Morgan fingerprint density at radius 2 is 2.36 bits per heavy atom. The van der Waals surface area contributed by atoms with Gasteiger partial charge in [-0.25, -0.2) is 4.79 Å². The topological polar surface area (TPSA) is 35.5 Å². The Kier molecular flexibility index (Phi) is 6.50. The summed E-state index contributed by atoms with van der Waals surface area (Å²) in [5.41, 5.74) is 0. The molecule has 0 N–H and O–H groups in total. The molecule has 1 rings (SSSR count). The van der Waals surface area contributed by atoms with Gasteiger partial charge >= 0.3 is 57.4 Å². The van der Waals surface area contributed by atoms with Crippen molar-refractivity contribution in [2.24, 2.45) is 0 Å². The van der Waals surface area contributed by atoms with Gasteiger partial charge in [0.25, 0.3) is 0 Å². The van der Waals surface area contributed by atoms with Crippen LogP contribution in [0.2, 0.25) is 0 Å². The first-order valence-electron chi connectivity index (χ1n) is 2.66. The third kappa shape index (κ3) is 4.94. The first kappa shape index (κ1) is 11.6. The summed E-state index contributed by atoms with van der Waals surface area (Å²) in [7, 11) is 0. The van der Waals surface area contributed by atoms with Gasteiger partial charge in [-0.1, -0.05) is 0 Å². The van der Waals surface area contributed by atoms with E-state index in [1.54, 1.807) is 11.4 Å². The Balaban J connectivity index is 0.000001000. The van der Waals surface area contributed by atoms with Gasteiger partial charge in [-0.05, 0) is 11.4 Å². The van der Waals surface area contributed by atoms with Crippen molar-refractivity contribution in [3.05, 3.63) is 16.8 Å². The molecule has 56 valence electrons. The van der Waals surface area contributed by atoms with E-state index in [1.165, 1.54) is 18.3 Å². The molecule has 11 heavy (non-hydrogen) atoms. The molecule has 1 aromatic rings. The Morgan fingerprint density at radius 1 is 1.64 bits per heavy atom. The summed E-state index contributed by atoms with van der Waals surface area (Å²) in [6.45, 7) is 1.28. The van der Waals surface area contributed by atoms with Crippen molar-refractivity contribution >= 4 is 68.7 Å². The van der Waals surface area contributed by atoms with E-state index in [-0.39, 0.29) is 51.4 Å². The van der Waals surface area contributed by atoms with Gasteiger partial charge in [0, 0.05) is 12.3 Å². The van der Waals surface area contributed by atoms with Crippen molar-refractivity contribution in [3.8, 4) is 5.75 Å². The van der Waals surface area contributed by atoms with Crippen LogP contribution in [0.4, 0.5) is 0 Å². The molecule has 0 radical (unpaired) electrons. The third-order valence-electron chi connectivity index (χ3n) is 0.750. The van der Waals surface area contributed by atoms with Crippen LogP contribution in [0, 0.1) is 0 Å². The minimum absolute atomic E-state index is 0. The Bertz CT molecular complexity index is 210. The summed E-state index contributed by atoms with van der Waals surface area (Å²) in [6, 6.07) is 1.72. The summed E-state index contributed by atoms with van der Waals surface area (Å²) >= 11 is 1.47. The van der Waals surface area contributed by atoms with Gasteiger partial charge in [-0.2, -0.15) is 0 Å². The van der Waals surface area contributed by atoms with E-state index in [2.05, 4.69) is 9.78 Å². The zero-order valence-corrected chi connectivity index (χ0v) is 6.18. The van der Waals surface area contributed by atoms with E-state index < -0.39 is 5.97 Å². The van der Waals surface area contributed by atoms with Crippen LogP contribution in [0.25, 0.3) is 0 Å². The predicted molar refractivity (Wildman–Crippen MR) is 43.9 cm³/mol. The number of hydrogen-bond donors (Lipinski definition) is 0. The summed E-state index contributed by atoms with van der Waals surface area (Å²) in [6.07, 6.45) is 0. The summed E-state index contributed by atoms with van der Waals surface area (Å²) in [4.78, 5) is 19.0. The molecule has 0 aromatic carbocycles. The van der Waals surface area contributed by atoms with Crippen LogP contribution in [-0.4, -0.2) is 57.4 Å². The Morgan fingerprint density at radius 3 is 2.82 bits per heavy atom. The number of carbonyl (C=O) groups excluding carboxylic acids is 1. The number of carbonyl (C=O) groups is 1. The van der Waals surface area contributed by atoms with E-state index >= 15 is 0 Å². The van der Waals surface area contributed by atoms with E-state index in [0.29, 0.717) is 5.75 Å². The third-order valence-corrected chi connectivity index (χ3v) is 1.41. The minimum atomic E-state index is -0.453. The number of thiophene rings is 1. The van der Waals surface area contributed by atoms with E-state index in [0.717, 1.165) is 0 Å². The number of rotatable bonds is 2. The summed E-state index contributed by atoms with van der Waals surface area (Å²) < 4.78 is 0. The van der Waals surface area contributed by atoms with Crippen LogP contribution in [0.1, 0.15) is 6.92 Å². The van der Waals surface area contributed by atoms with Crippen molar-refractivity contribution in [2.75, 3.05) is 0 Å². The fourth-order valence-corrected chi connectivity index (χ4v) is 0.949. The summed E-state index contributed by atoms with van der Waals surface area (Å²) in [5, 5.41) is 3.57. The second-order valence-electron chi connectivity index (χ2n) is 1.62. The molecule has 0 bridgehead atoms. The van der Waals surface area contributed by atoms with Crippen LogP contribution in [-0.2, 0) is 9.68 Å². The predicted octanol–water partition coefficient (Wildman–Crippen LogP) is 0.956. The van der Waals surface area contributed by atoms with Crippen molar-refractivity contribution in [1.29, 1.82) is 0 Å². The fraction of sp³-hybridized carbons (Fsp3) is 0.167. The van der Waals surface area contributed by atoms with Gasteiger partial charge in [-0.15, -0.1) is 11.3 Å². The second-order valence-corrected chi connectivity index (χ2v) is 2.40. The van der Waals surface area contributed by atoms with Gasteiger partial charge in [0.15, 0.2) is 5.75 Å². The zero-order valence-electron chi connectivity index (χ0n) is 5.37.